The highest BCUT2D eigenvalue weighted by atomic mass is 16.5. The maximum Gasteiger partial charge on any atom is 0.342 e. The van der Waals surface area contributed by atoms with Crippen molar-refractivity contribution in [2.75, 3.05) is 27.9 Å². The van der Waals surface area contributed by atoms with Crippen molar-refractivity contribution in [3.05, 3.63) is 34.4 Å². The third-order valence-corrected chi connectivity index (χ3v) is 3.03. The lowest BCUT2D eigenvalue weighted by Gasteiger charge is -2.08. The second-order valence-electron chi connectivity index (χ2n) is 4.29. The summed E-state index contributed by atoms with van der Waals surface area (Å²) in [5.41, 5.74) is 0.866. The fourth-order valence-corrected chi connectivity index (χ4v) is 2.00. The number of nitriles is 1. The molecule has 1 N–H and O–H groups in total. The van der Waals surface area contributed by atoms with Gasteiger partial charge < -0.3 is 19.5 Å². The molecule has 0 bridgehead atoms. The van der Waals surface area contributed by atoms with Gasteiger partial charge in [-0.05, 0) is 6.42 Å². The molecular formula is C15H20N2O4. The van der Waals surface area contributed by atoms with Crippen LogP contribution in [0, 0.1) is 11.3 Å². The topological polar surface area (TPSA) is 80.6 Å². The second kappa shape index (κ2) is 8.00. The van der Waals surface area contributed by atoms with Crippen LogP contribution in [0.5, 0.6) is 0 Å². The van der Waals surface area contributed by atoms with Crippen LogP contribution in [-0.2, 0) is 19.0 Å². The van der Waals surface area contributed by atoms with Crippen molar-refractivity contribution in [3.63, 3.8) is 0 Å². The monoisotopic (exact) mass is 292 g/mol. The molecule has 0 aromatic heterocycles. The summed E-state index contributed by atoms with van der Waals surface area (Å²) >= 11 is 0. The van der Waals surface area contributed by atoms with Gasteiger partial charge in [0.2, 0.25) is 0 Å². The van der Waals surface area contributed by atoms with Crippen molar-refractivity contribution in [2.24, 2.45) is 0 Å². The number of unbranched alkanes of at least 4 members (excludes halogenated alkanes) is 1. The van der Waals surface area contributed by atoms with Crippen LogP contribution in [0.1, 0.15) is 19.8 Å². The van der Waals surface area contributed by atoms with Gasteiger partial charge in [-0.2, -0.15) is 5.26 Å². The van der Waals surface area contributed by atoms with E-state index in [0.717, 1.165) is 19.4 Å². The number of hydrogen-bond donors (Lipinski definition) is 1. The summed E-state index contributed by atoms with van der Waals surface area (Å²) < 4.78 is 15.2. The Morgan fingerprint density at radius 3 is 2.43 bits per heavy atom. The van der Waals surface area contributed by atoms with Gasteiger partial charge in [0, 0.05) is 18.3 Å². The van der Waals surface area contributed by atoms with Crippen molar-refractivity contribution < 1.29 is 19.0 Å². The molecule has 0 spiro atoms. The molecule has 114 valence electrons. The highest BCUT2D eigenvalue weighted by Crippen LogP contribution is 2.37. The number of ether oxygens (including phenoxy) is 3. The summed E-state index contributed by atoms with van der Waals surface area (Å²) in [6.45, 7) is 2.83. The van der Waals surface area contributed by atoms with Crippen LogP contribution < -0.4 is 5.32 Å². The van der Waals surface area contributed by atoms with Gasteiger partial charge in [0.25, 0.3) is 0 Å². The first-order chi connectivity index (χ1) is 10.2. The molecule has 0 saturated heterocycles. The van der Waals surface area contributed by atoms with E-state index < -0.39 is 5.97 Å². The Morgan fingerprint density at radius 1 is 1.29 bits per heavy atom. The van der Waals surface area contributed by atoms with E-state index in [0.29, 0.717) is 5.57 Å². The van der Waals surface area contributed by atoms with E-state index in [1.54, 1.807) is 6.20 Å². The Balaban J connectivity index is 3.27. The van der Waals surface area contributed by atoms with Crippen LogP contribution in [0.25, 0.3) is 0 Å². The van der Waals surface area contributed by atoms with E-state index in [2.05, 4.69) is 12.2 Å². The number of nitrogens with one attached hydrogen (secondary N) is 1. The van der Waals surface area contributed by atoms with Gasteiger partial charge in [-0.15, -0.1) is 0 Å². The maximum absolute atomic E-state index is 12.0. The number of carbonyl (C=O) groups is 1. The number of hydrogen-bond acceptors (Lipinski definition) is 6. The summed E-state index contributed by atoms with van der Waals surface area (Å²) in [5.74, 6) is -0.122. The van der Waals surface area contributed by atoms with Gasteiger partial charge in [-0.1, -0.05) is 13.3 Å². The Bertz CT molecular complexity index is 538. The van der Waals surface area contributed by atoms with Gasteiger partial charge in [0.1, 0.15) is 17.2 Å². The zero-order chi connectivity index (χ0) is 15.8. The summed E-state index contributed by atoms with van der Waals surface area (Å²) in [6, 6.07) is 2.05. The van der Waals surface area contributed by atoms with Crippen LogP contribution >= 0.6 is 0 Å². The van der Waals surface area contributed by atoms with E-state index in [1.807, 2.05) is 6.07 Å². The molecule has 21 heavy (non-hydrogen) atoms. The summed E-state index contributed by atoms with van der Waals surface area (Å²) in [5, 5.41) is 12.4. The molecular weight excluding hydrogens is 272 g/mol. The van der Waals surface area contributed by atoms with Gasteiger partial charge in [-0.3, -0.25) is 0 Å². The first kappa shape index (κ1) is 16.6. The largest absolute Gasteiger partial charge is 0.492 e. The van der Waals surface area contributed by atoms with E-state index in [1.165, 1.54) is 21.3 Å². The van der Waals surface area contributed by atoms with Crippen molar-refractivity contribution in [1.82, 2.24) is 5.32 Å². The van der Waals surface area contributed by atoms with E-state index in [9.17, 15) is 10.1 Å². The first-order valence-corrected chi connectivity index (χ1v) is 6.65. The van der Waals surface area contributed by atoms with E-state index >= 15 is 0 Å². The Kier molecular flexibility index (Phi) is 6.34. The minimum absolute atomic E-state index is 0.192. The van der Waals surface area contributed by atoms with Crippen LogP contribution in [0.15, 0.2) is 34.4 Å². The summed E-state index contributed by atoms with van der Waals surface area (Å²) in [4.78, 5) is 12.0. The molecule has 0 radical (unpaired) electrons. The third kappa shape index (κ3) is 3.37. The van der Waals surface area contributed by atoms with Gasteiger partial charge in [-0.25, -0.2) is 4.79 Å². The normalized spacial score (nSPS) is 16.0. The fourth-order valence-electron chi connectivity index (χ4n) is 2.00. The predicted octanol–water partition coefficient (Wildman–Crippen LogP) is 1.77. The molecule has 6 heteroatoms. The number of nitrogens with zero attached hydrogens (tertiary/aromatic N) is 1. The number of methoxy groups -OCH3 is 3. The molecule has 1 rings (SSSR count). The minimum Gasteiger partial charge on any atom is -0.492 e. The zero-order valence-electron chi connectivity index (χ0n) is 12.8. The highest BCUT2D eigenvalue weighted by molar-refractivity contribution is 5.99. The molecule has 0 fully saturated rings. The summed E-state index contributed by atoms with van der Waals surface area (Å²) in [6.07, 6.45) is 3.66. The van der Waals surface area contributed by atoms with Crippen LogP contribution in [0.3, 0.4) is 0 Å². The van der Waals surface area contributed by atoms with Gasteiger partial charge in [0.15, 0.2) is 11.5 Å². The average molecular weight is 292 g/mol. The molecule has 0 unspecified atom stereocenters. The van der Waals surface area contributed by atoms with Crippen molar-refractivity contribution in [1.29, 1.82) is 5.26 Å². The Hall–Kier alpha value is -2.42. The molecule has 1 aliphatic carbocycles. The van der Waals surface area contributed by atoms with E-state index in [4.69, 9.17) is 14.2 Å². The lowest BCUT2D eigenvalue weighted by Crippen LogP contribution is -2.13. The van der Waals surface area contributed by atoms with Crippen LogP contribution in [0.2, 0.25) is 0 Å². The quantitative estimate of drug-likeness (QED) is 0.569. The lowest BCUT2D eigenvalue weighted by atomic mass is 10.1. The molecule has 0 atom stereocenters. The Labute approximate surface area is 124 Å². The number of allylic oxidation sites excluding steroid dienone is 1. The molecule has 1 aliphatic rings. The fraction of sp³-hybridized carbons (Fsp3) is 0.467. The second-order valence-corrected chi connectivity index (χ2v) is 4.29. The highest BCUT2D eigenvalue weighted by Gasteiger charge is 2.36. The van der Waals surface area contributed by atoms with Crippen LogP contribution in [0.4, 0.5) is 0 Å². The molecule has 0 aromatic carbocycles. The van der Waals surface area contributed by atoms with Gasteiger partial charge in [0.05, 0.1) is 21.3 Å². The third-order valence-electron chi connectivity index (χ3n) is 3.03. The van der Waals surface area contributed by atoms with Crippen molar-refractivity contribution >= 4 is 5.97 Å². The van der Waals surface area contributed by atoms with Gasteiger partial charge >= 0.3 is 5.97 Å². The maximum atomic E-state index is 12.0. The first-order valence-electron chi connectivity index (χ1n) is 6.65. The summed E-state index contributed by atoms with van der Waals surface area (Å²) in [7, 11) is 4.12. The Morgan fingerprint density at radius 2 is 1.95 bits per heavy atom. The molecule has 0 saturated carbocycles. The van der Waals surface area contributed by atoms with Crippen molar-refractivity contribution in [2.45, 2.75) is 19.8 Å². The van der Waals surface area contributed by atoms with E-state index in [-0.39, 0.29) is 22.7 Å². The smallest absolute Gasteiger partial charge is 0.342 e. The van der Waals surface area contributed by atoms with Crippen molar-refractivity contribution in [3.8, 4) is 6.07 Å². The number of rotatable bonds is 7. The SMILES string of the molecule is CCCCN/C=C1/C(C#N)=C(OC)C(OC)=C1C(=O)OC. The lowest BCUT2D eigenvalue weighted by molar-refractivity contribution is -0.136. The average Bonchev–Trinajstić information content (AvgIpc) is 2.83. The molecule has 0 amide bonds. The molecule has 0 aliphatic heterocycles. The molecule has 0 heterocycles. The minimum atomic E-state index is -0.574. The molecule has 0 aromatic rings. The molecule has 6 nitrogen and oxygen atoms in total. The standard InChI is InChI=1S/C15H20N2O4/c1-5-6-7-17-9-11-10(8-16)13(19-2)14(20-3)12(11)15(18)21-4/h9,17H,5-7H2,1-4H3/b11-9-. The number of esters is 1. The van der Waals surface area contributed by atoms with Crippen LogP contribution in [-0.4, -0.2) is 33.8 Å². The zero-order valence-corrected chi connectivity index (χ0v) is 12.8. The predicted molar refractivity (Wildman–Crippen MR) is 76.7 cm³/mol. The number of carbonyl (C=O) groups excluding carboxylic acids is 1.